The highest BCUT2D eigenvalue weighted by Crippen LogP contribution is 2.28. The van der Waals surface area contributed by atoms with Crippen LogP contribution in [0, 0.1) is 6.92 Å². The third kappa shape index (κ3) is 3.75. The predicted octanol–water partition coefficient (Wildman–Crippen LogP) is 3.28. The van der Waals surface area contributed by atoms with Crippen LogP contribution >= 0.6 is 0 Å². The SMILES string of the molecule is C=CCNC(=O)c1c(C)nc2c(cnn2CCCCC)c1NCC. The molecule has 2 aromatic heterocycles. The van der Waals surface area contributed by atoms with Crippen molar-refractivity contribution >= 4 is 22.6 Å². The van der Waals surface area contributed by atoms with Gasteiger partial charge in [-0.1, -0.05) is 25.8 Å². The Hall–Kier alpha value is -2.37. The molecule has 2 heterocycles. The molecule has 6 heteroatoms. The molecule has 1 amide bonds. The first-order valence-corrected chi connectivity index (χ1v) is 8.63. The van der Waals surface area contributed by atoms with Gasteiger partial charge in [0.25, 0.3) is 5.91 Å². The average Bonchev–Trinajstić information content (AvgIpc) is 2.96. The zero-order chi connectivity index (χ0) is 17.5. The summed E-state index contributed by atoms with van der Waals surface area (Å²) in [5, 5.41) is 11.5. The van der Waals surface area contributed by atoms with Gasteiger partial charge in [-0.15, -0.1) is 6.58 Å². The molecule has 0 bridgehead atoms. The Morgan fingerprint density at radius 1 is 1.38 bits per heavy atom. The maximum Gasteiger partial charge on any atom is 0.255 e. The molecule has 0 aliphatic heterocycles. The number of hydrogen-bond donors (Lipinski definition) is 2. The lowest BCUT2D eigenvalue weighted by atomic mass is 10.1. The molecule has 0 aromatic carbocycles. The molecule has 2 rings (SSSR count). The molecule has 0 fully saturated rings. The molecule has 0 saturated carbocycles. The molecule has 2 aromatic rings. The fraction of sp³-hybridized carbons (Fsp3) is 0.500. The normalized spacial score (nSPS) is 10.8. The number of hydrogen-bond acceptors (Lipinski definition) is 4. The van der Waals surface area contributed by atoms with Gasteiger partial charge in [-0.3, -0.25) is 4.79 Å². The molecule has 0 saturated heterocycles. The van der Waals surface area contributed by atoms with Gasteiger partial charge < -0.3 is 10.6 Å². The lowest BCUT2D eigenvalue weighted by molar-refractivity contribution is 0.0958. The lowest BCUT2D eigenvalue weighted by Crippen LogP contribution is -2.26. The third-order valence-electron chi connectivity index (χ3n) is 3.93. The van der Waals surface area contributed by atoms with Crippen LogP contribution in [0.25, 0.3) is 11.0 Å². The van der Waals surface area contributed by atoms with E-state index in [1.165, 1.54) is 12.8 Å². The van der Waals surface area contributed by atoms with Gasteiger partial charge in [-0.25, -0.2) is 9.67 Å². The number of aryl methyl sites for hydroxylation is 2. The molecule has 6 nitrogen and oxygen atoms in total. The highest BCUT2D eigenvalue weighted by atomic mass is 16.1. The second-order valence-corrected chi connectivity index (χ2v) is 5.79. The van der Waals surface area contributed by atoms with E-state index in [9.17, 15) is 4.79 Å². The highest BCUT2D eigenvalue weighted by Gasteiger charge is 2.20. The van der Waals surface area contributed by atoms with Crippen LogP contribution in [0.3, 0.4) is 0 Å². The smallest absolute Gasteiger partial charge is 0.255 e. The summed E-state index contributed by atoms with van der Waals surface area (Å²) in [6.45, 7) is 11.7. The van der Waals surface area contributed by atoms with Crippen molar-refractivity contribution < 1.29 is 4.79 Å². The topological polar surface area (TPSA) is 71.8 Å². The summed E-state index contributed by atoms with van der Waals surface area (Å²) in [5.74, 6) is -0.142. The number of fused-ring (bicyclic) bond motifs is 1. The van der Waals surface area contributed by atoms with E-state index in [0.29, 0.717) is 17.8 Å². The second-order valence-electron chi connectivity index (χ2n) is 5.79. The molecule has 0 atom stereocenters. The fourth-order valence-electron chi connectivity index (χ4n) is 2.77. The van der Waals surface area contributed by atoms with Crippen LogP contribution in [0.1, 0.15) is 49.2 Å². The Balaban J connectivity index is 2.47. The van der Waals surface area contributed by atoms with Crippen molar-refractivity contribution in [3.05, 3.63) is 30.1 Å². The van der Waals surface area contributed by atoms with Gasteiger partial charge in [0.1, 0.15) is 0 Å². The van der Waals surface area contributed by atoms with Gasteiger partial charge in [0.05, 0.1) is 28.5 Å². The summed E-state index contributed by atoms with van der Waals surface area (Å²) in [4.78, 5) is 17.2. The molecule has 0 radical (unpaired) electrons. The maximum atomic E-state index is 12.5. The Morgan fingerprint density at radius 3 is 2.83 bits per heavy atom. The maximum absolute atomic E-state index is 12.5. The van der Waals surface area contributed by atoms with Gasteiger partial charge in [0.15, 0.2) is 5.65 Å². The van der Waals surface area contributed by atoms with Crippen LogP contribution in [-0.4, -0.2) is 33.8 Å². The van der Waals surface area contributed by atoms with Crippen molar-refractivity contribution in [2.75, 3.05) is 18.4 Å². The number of anilines is 1. The number of nitrogens with zero attached hydrogens (tertiary/aromatic N) is 3. The number of unbranched alkanes of at least 4 members (excludes halogenated alkanes) is 2. The Bertz CT molecular complexity index is 720. The van der Waals surface area contributed by atoms with E-state index in [-0.39, 0.29) is 5.91 Å². The second kappa shape index (κ2) is 8.47. The van der Waals surface area contributed by atoms with Gasteiger partial charge in [-0.2, -0.15) is 5.10 Å². The van der Waals surface area contributed by atoms with E-state index in [2.05, 4.69) is 34.2 Å². The molecule has 130 valence electrons. The number of nitrogens with one attached hydrogen (secondary N) is 2. The average molecular weight is 329 g/mol. The standard InChI is InChI=1S/C18H27N5O/c1-5-8-9-11-23-17-14(12-21-23)16(19-7-3)15(13(4)22-17)18(24)20-10-6-2/h6,12H,2,5,7-11H2,1,3-4H3,(H,19,22)(H,20,24). The van der Waals surface area contributed by atoms with Crippen molar-refractivity contribution in [2.24, 2.45) is 0 Å². The van der Waals surface area contributed by atoms with Gasteiger partial charge in [-0.05, 0) is 20.3 Å². The summed E-state index contributed by atoms with van der Waals surface area (Å²) in [6, 6.07) is 0. The Morgan fingerprint density at radius 2 is 2.17 bits per heavy atom. The first-order valence-electron chi connectivity index (χ1n) is 8.63. The van der Waals surface area contributed by atoms with Gasteiger partial charge in [0, 0.05) is 19.6 Å². The summed E-state index contributed by atoms with van der Waals surface area (Å²) in [5.41, 5.74) is 2.93. The van der Waals surface area contributed by atoms with E-state index < -0.39 is 0 Å². The first-order chi connectivity index (χ1) is 11.6. The number of carbonyl (C=O) groups is 1. The van der Waals surface area contributed by atoms with Crippen LogP contribution in [0.15, 0.2) is 18.9 Å². The van der Waals surface area contributed by atoms with Crippen molar-refractivity contribution in [3.8, 4) is 0 Å². The summed E-state index contributed by atoms with van der Waals surface area (Å²) >= 11 is 0. The van der Waals surface area contributed by atoms with Gasteiger partial charge >= 0.3 is 0 Å². The van der Waals surface area contributed by atoms with Crippen molar-refractivity contribution in [1.82, 2.24) is 20.1 Å². The molecule has 24 heavy (non-hydrogen) atoms. The summed E-state index contributed by atoms with van der Waals surface area (Å²) in [7, 11) is 0. The molecular weight excluding hydrogens is 302 g/mol. The Kier molecular flexibility index (Phi) is 6.35. The lowest BCUT2D eigenvalue weighted by Gasteiger charge is -2.14. The molecule has 0 aliphatic rings. The minimum Gasteiger partial charge on any atom is -0.384 e. The molecular formula is C18H27N5O. The quantitative estimate of drug-likeness (QED) is 0.547. The predicted molar refractivity (Wildman–Crippen MR) is 98.5 cm³/mol. The summed E-state index contributed by atoms with van der Waals surface area (Å²) in [6.07, 6.45) is 6.88. The van der Waals surface area contributed by atoms with Crippen molar-refractivity contribution in [2.45, 2.75) is 46.6 Å². The monoisotopic (exact) mass is 329 g/mol. The van der Waals surface area contributed by atoms with E-state index in [4.69, 9.17) is 0 Å². The minimum atomic E-state index is -0.142. The number of aromatic nitrogens is 3. The highest BCUT2D eigenvalue weighted by molar-refractivity contribution is 6.07. The fourth-order valence-corrected chi connectivity index (χ4v) is 2.77. The van der Waals surface area contributed by atoms with Crippen LogP contribution in [0.2, 0.25) is 0 Å². The van der Waals surface area contributed by atoms with E-state index in [1.54, 1.807) is 12.3 Å². The molecule has 0 aliphatic carbocycles. The van der Waals surface area contributed by atoms with Crippen molar-refractivity contribution in [1.29, 1.82) is 0 Å². The number of rotatable bonds is 9. The minimum absolute atomic E-state index is 0.142. The molecule has 2 N–H and O–H groups in total. The molecule has 0 unspecified atom stereocenters. The van der Waals surface area contributed by atoms with Crippen LogP contribution < -0.4 is 10.6 Å². The van der Waals surface area contributed by atoms with Crippen LogP contribution in [0.4, 0.5) is 5.69 Å². The number of amides is 1. The number of pyridine rings is 1. The first kappa shape index (κ1) is 18.0. The van der Waals surface area contributed by atoms with E-state index >= 15 is 0 Å². The van der Waals surface area contributed by atoms with Crippen LogP contribution in [-0.2, 0) is 6.54 Å². The van der Waals surface area contributed by atoms with E-state index in [1.807, 2.05) is 18.5 Å². The Labute approximate surface area is 143 Å². The third-order valence-corrected chi connectivity index (χ3v) is 3.93. The molecule has 0 spiro atoms. The van der Waals surface area contributed by atoms with Crippen molar-refractivity contribution in [3.63, 3.8) is 0 Å². The number of carbonyl (C=O) groups excluding carboxylic acids is 1. The summed E-state index contributed by atoms with van der Waals surface area (Å²) < 4.78 is 1.93. The van der Waals surface area contributed by atoms with Crippen LogP contribution in [0.5, 0.6) is 0 Å². The van der Waals surface area contributed by atoms with E-state index in [0.717, 1.165) is 36.2 Å². The van der Waals surface area contributed by atoms with Gasteiger partial charge in [0.2, 0.25) is 0 Å². The zero-order valence-corrected chi connectivity index (χ0v) is 14.9. The zero-order valence-electron chi connectivity index (χ0n) is 14.9. The largest absolute Gasteiger partial charge is 0.384 e.